The van der Waals surface area contributed by atoms with Gasteiger partial charge in [0.15, 0.2) is 0 Å². The van der Waals surface area contributed by atoms with Crippen molar-refractivity contribution in [2.24, 2.45) is 5.92 Å². The summed E-state index contributed by atoms with van der Waals surface area (Å²) in [7, 11) is 0. The molecule has 1 aliphatic carbocycles. The zero-order chi connectivity index (χ0) is 31.0. The van der Waals surface area contributed by atoms with Gasteiger partial charge in [0.25, 0.3) is 0 Å². The standard InChI is InChI=1S/C34H43ClN6O3/c1-23-36-14-16-38(23)20-24-7-6-15-40(21-24)32(42)29-22-39(17-18-41(29)33(43)44-34(2,3)4)31-28-12-11-27(35)19-26(28)10-9-25-8-5-13-37-30(25)31/h5,8,11-14,16,19,24,29,31H,6-7,9-10,15,17-18,20-22H2,1-4H3/t24-,29-,31?/m1/s1. The molecule has 0 spiro atoms. The third kappa shape index (κ3) is 6.49. The van der Waals surface area contributed by atoms with Crippen LogP contribution in [0, 0.1) is 12.8 Å². The minimum absolute atomic E-state index is 0.0150. The highest BCUT2D eigenvalue weighted by Crippen LogP contribution is 2.38. The first-order chi connectivity index (χ1) is 21.1. The Bertz CT molecular complexity index is 1520. The van der Waals surface area contributed by atoms with Gasteiger partial charge in [-0.2, -0.15) is 0 Å². The molecule has 2 amide bonds. The fourth-order valence-corrected chi connectivity index (χ4v) is 7.24. The molecule has 0 N–H and O–H groups in total. The molecule has 2 aliphatic heterocycles. The van der Waals surface area contributed by atoms with Crippen molar-refractivity contribution in [3.63, 3.8) is 0 Å². The third-order valence-electron chi connectivity index (χ3n) is 9.15. The highest BCUT2D eigenvalue weighted by atomic mass is 35.5. The molecule has 3 aliphatic rings. The lowest BCUT2D eigenvalue weighted by Gasteiger charge is -2.46. The Kier molecular flexibility index (Phi) is 8.70. The maximum Gasteiger partial charge on any atom is 0.411 e. The number of halogens is 1. The largest absolute Gasteiger partial charge is 0.444 e. The summed E-state index contributed by atoms with van der Waals surface area (Å²) < 4.78 is 8.00. The van der Waals surface area contributed by atoms with Crippen LogP contribution in [0.4, 0.5) is 4.79 Å². The number of imidazole rings is 1. The average molecular weight is 619 g/mol. The number of aromatic nitrogens is 3. The Morgan fingerprint density at radius 2 is 1.84 bits per heavy atom. The lowest BCUT2D eigenvalue weighted by atomic mass is 9.94. The van der Waals surface area contributed by atoms with Crippen LogP contribution in [-0.4, -0.2) is 85.6 Å². The normalized spacial score (nSPS) is 22.6. The molecule has 3 atom stereocenters. The van der Waals surface area contributed by atoms with E-state index in [1.807, 2.05) is 63.3 Å². The molecule has 2 saturated heterocycles. The Morgan fingerprint density at radius 3 is 2.61 bits per heavy atom. The van der Waals surface area contributed by atoms with Crippen molar-refractivity contribution in [2.45, 2.75) is 77.6 Å². The van der Waals surface area contributed by atoms with Gasteiger partial charge in [-0.25, -0.2) is 9.78 Å². The molecule has 1 unspecified atom stereocenters. The number of aryl methyl sites for hydroxylation is 3. The minimum Gasteiger partial charge on any atom is -0.444 e. The van der Waals surface area contributed by atoms with E-state index in [1.54, 1.807) is 4.90 Å². The van der Waals surface area contributed by atoms with Crippen LogP contribution in [0.3, 0.4) is 0 Å². The highest BCUT2D eigenvalue weighted by molar-refractivity contribution is 6.30. The van der Waals surface area contributed by atoms with Crippen LogP contribution in [0.5, 0.6) is 0 Å². The van der Waals surface area contributed by atoms with E-state index in [4.69, 9.17) is 21.3 Å². The van der Waals surface area contributed by atoms with E-state index in [0.29, 0.717) is 38.6 Å². The van der Waals surface area contributed by atoms with Crippen molar-refractivity contribution in [1.29, 1.82) is 0 Å². The molecule has 1 aromatic carbocycles. The van der Waals surface area contributed by atoms with E-state index in [2.05, 4.69) is 32.7 Å². The van der Waals surface area contributed by atoms with Crippen LogP contribution >= 0.6 is 11.6 Å². The number of carbonyl (C=O) groups is 2. The van der Waals surface area contributed by atoms with Crippen LogP contribution in [0.2, 0.25) is 5.02 Å². The second-order valence-electron chi connectivity index (χ2n) is 13.4. The Balaban J connectivity index is 1.31. The number of fused-ring (bicyclic) bond motifs is 2. The fourth-order valence-electron chi connectivity index (χ4n) is 7.04. The van der Waals surface area contributed by atoms with Gasteiger partial charge in [0.2, 0.25) is 5.91 Å². The smallest absolute Gasteiger partial charge is 0.411 e. The molecule has 2 aromatic heterocycles. The van der Waals surface area contributed by atoms with Crippen molar-refractivity contribution in [3.05, 3.63) is 82.2 Å². The summed E-state index contributed by atoms with van der Waals surface area (Å²) in [5.41, 5.74) is 3.92. The number of carbonyl (C=O) groups excluding carboxylic acids is 2. The highest BCUT2D eigenvalue weighted by Gasteiger charge is 2.43. The van der Waals surface area contributed by atoms with Crippen molar-refractivity contribution in [2.75, 3.05) is 32.7 Å². The van der Waals surface area contributed by atoms with Crippen LogP contribution < -0.4 is 0 Å². The maximum absolute atomic E-state index is 14.5. The second-order valence-corrected chi connectivity index (χ2v) is 13.8. The Hall–Kier alpha value is -3.43. The predicted octanol–water partition coefficient (Wildman–Crippen LogP) is 5.29. The topological polar surface area (TPSA) is 83.8 Å². The molecule has 44 heavy (non-hydrogen) atoms. The molecule has 234 valence electrons. The fraction of sp³-hybridized carbons (Fsp3) is 0.529. The first-order valence-corrected chi connectivity index (χ1v) is 16.2. The van der Waals surface area contributed by atoms with E-state index in [0.717, 1.165) is 54.3 Å². The van der Waals surface area contributed by atoms with E-state index >= 15 is 0 Å². The van der Waals surface area contributed by atoms with Gasteiger partial charge in [0.05, 0.1) is 11.7 Å². The van der Waals surface area contributed by atoms with E-state index in [1.165, 1.54) is 11.1 Å². The number of nitrogens with zero attached hydrogens (tertiary/aromatic N) is 6. The number of amides is 2. The van der Waals surface area contributed by atoms with Gasteiger partial charge in [-0.1, -0.05) is 23.7 Å². The molecule has 4 heterocycles. The van der Waals surface area contributed by atoms with Crippen LogP contribution in [-0.2, 0) is 28.9 Å². The molecule has 0 saturated carbocycles. The maximum atomic E-state index is 14.5. The van der Waals surface area contributed by atoms with Crippen molar-refractivity contribution in [3.8, 4) is 0 Å². The van der Waals surface area contributed by atoms with Gasteiger partial charge >= 0.3 is 6.09 Å². The monoisotopic (exact) mass is 618 g/mol. The summed E-state index contributed by atoms with van der Waals surface area (Å²) in [5, 5.41) is 0.717. The predicted molar refractivity (Wildman–Crippen MR) is 170 cm³/mol. The average Bonchev–Trinajstić information content (AvgIpc) is 3.32. The molecular formula is C34H43ClN6O3. The second kappa shape index (κ2) is 12.5. The van der Waals surface area contributed by atoms with Gasteiger partial charge < -0.3 is 14.2 Å². The molecular weight excluding hydrogens is 576 g/mol. The lowest BCUT2D eigenvalue weighted by molar-refractivity contribution is -0.141. The number of piperazine rings is 1. The number of rotatable bonds is 4. The molecule has 3 aromatic rings. The number of pyridine rings is 1. The first kappa shape index (κ1) is 30.6. The van der Waals surface area contributed by atoms with Crippen LogP contribution in [0.15, 0.2) is 48.9 Å². The van der Waals surface area contributed by atoms with E-state index in [9.17, 15) is 9.59 Å². The third-order valence-corrected chi connectivity index (χ3v) is 9.38. The molecule has 0 radical (unpaired) electrons. The molecule has 6 rings (SSSR count). The zero-order valence-electron chi connectivity index (χ0n) is 26.2. The van der Waals surface area contributed by atoms with E-state index in [-0.39, 0.29) is 11.9 Å². The number of hydrogen-bond donors (Lipinski definition) is 0. The summed E-state index contributed by atoms with van der Waals surface area (Å²) in [4.78, 5) is 43.3. The van der Waals surface area contributed by atoms with Crippen molar-refractivity contribution >= 4 is 23.6 Å². The van der Waals surface area contributed by atoms with Gasteiger partial charge in [-0.3, -0.25) is 19.6 Å². The van der Waals surface area contributed by atoms with Crippen LogP contribution in [0.1, 0.15) is 67.9 Å². The SMILES string of the molecule is Cc1nccn1C[C@H]1CCCN(C(=O)[C@H]2CN(C3c4ccc(Cl)cc4CCc4cccnc43)CCN2C(=O)OC(C)(C)C)C1. The van der Waals surface area contributed by atoms with Gasteiger partial charge in [0, 0.05) is 62.9 Å². The van der Waals surface area contributed by atoms with Crippen molar-refractivity contribution in [1.82, 2.24) is 29.2 Å². The molecule has 2 fully saturated rings. The summed E-state index contributed by atoms with van der Waals surface area (Å²) in [6.07, 6.45) is 8.97. The number of benzene rings is 1. The summed E-state index contributed by atoms with van der Waals surface area (Å²) in [6, 6.07) is 9.44. The van der Waals surface area contributed by atoms with Crippen molar-refractivity contribution < 1.29 is 14.3 Å². The number of likely N-dealkylation sites (tertiary alicyclic amines) is 1. The van der Waals surface area contributed by atoms with Gasteiger partial charge in [0.1, 0.15) is 17.5 Å². The Morgan fingerprint density at radius 1 is 1.02 bits per heavy atom. The van der Waals surface area contributed by atoms with Gasteiger partial charge in [-0.05, 0) is 94.2 Å². The zero-order valence-corrected chi connectivity index (χ0v) is 27.0. The lowest BCUT2D eigenvalue weighted by Crippen LogP contribution is -2.63. The van der Waals surface area contributed by atoms with E-state index < -0.39 is 17.7 Å². The number of piperidine rings is 1. The first-order valence-electron chi connectivity index (χ1n) is 15.8. The number of hydrogen-bond acceptors (Lipinski definition) is 6. The summed E-state index contributed by atoms with van der Waals surface area (Å²) >= 11 is 6.45. The number of ether oxygens (including phenoxy) is 1. The van der Waals surface area contributed by atoms with Gasteiger partial charge in [-0.15, -0.1) is 0 Å². The molecule has 10 heteroatoms. The Labute approximate surface area is 265 Å². The quantitative estimate of drug-likeness (QED) is 0.395. The molecule has 0 bridgehead atoms. The van der Waals surface area contributed by atoms with Crippen LogP contribution in [0.25, 0.3) is 0 Å². The summed E-state index contributed by atoms with van der Waals surface area (Å²) in [6.45, 7) is 11.1. The minimum atomic E-state index is -0.668. The molecule has 9 nitrogen and oxygen atoms in total. The summed E-state index contributed by atoms with van der Waals surface area (Å²) in [5.74, 6) is 1.29.